The van der Waals surface area contributed by atoms with E-state index in [1.807, 2.05) is 24.3 Å². The Balaban J connectivity index is 1.46. The molecular weight excluding hydrogens is 332 g/mol. The lowest BCUT2D eigenvalue weighted by molar-refractivity contribution is 0.0639. The van der Waals surface area contributed by atoms with E-state index in [-0.39, 0.29) is 11.3 Å². The standard InChI is InChI=1S/C18H24N6O2/c1-22-7-5-21-16(22)11-23-6-2-18(12-23)13-24(8-9-26-14-18)17(25)15-10-19-3-4-20-15/h3-5,7,10H,2,6,8-9,11-14H2,1H3/t18-/m0/s1. The summed E-state index contributed by atoms with van der Waals surface area (Å²) in [5, 5.41) is 0. The number of hydrogen-bond donors (Lipinski definition) is 0. The number of carbonyl (C=O) groups excluding carboxylic acids is 1. The van der Waals surface area contributed by atoms with Crippen molar-refractivity contribution in [2.75, 3.05) is 39.4 Å². The zero-order chi connectivity index (χ0) is 18.0. The molecule has 2 aliphatic heterocycles. The Morgan fingerprint density at radius 2 is 2.15 bits per heavy atom. The van der Waals surface area contributed by atoms with Gasteiger partial charge in [0.05, 0.1) is 26.0 Å². The lowest BCUT2D eigenvalue weighted by Gasteiger charge is -2.31. The molecule has 0 radical (unpaired) electrons. The number of aryl methyl sites for hydroxylation is 1. The molecule has 0 N–H and O–H groups in total. The lowest BCUT2D eigenvalue weighted by Crippen LogP contribution is -2.43. The van der Waals surface area contributed by atoms with Crippen LogP contribution in [0.4, 0.5) is 0 Å². The number of imidazole rings is 1. The van der Waals surface area contributed by atoms with Crippen molar-refractivity contribution in [3.8, 4) is 0 Å². The van der Waals surface area contributed by atoms with Gasteiger partial charge in [0.1, 0.15) is 11.5 Å². The molecule has 2 aromatic heterocycles. The fourth-order valence-electron chi connectivity index (χ4n) is 3.90. The highest BCUT2D eigenvalue weighted by molar-refractivity contribution is 5.92. The molecule has 26 heavy (non-hydrogen) atoms. The average molecular weight is 356 g/mol. The van der Waals surface area contributed by atoms with Crippen LogP contribution in [0.2, 0.25) is 0 Å². The first-order valence-electron chi connectivity index (χ1n) is 8.97. The Morgan fingerprint density at radius 3 is 2.92 bits per heavy atom. The van der Waals surface area contributed by atoms with Crippen LogP contribution < -0.4 is 0 Å². The second kappa shape index (κ2) is 7.13. The second-order valence-electron chi connectivity index (χ2n) is 7.28. The predicted octanol–water partition coefficient (Wildman–Crippen LogP) is 0.575. The minimum absolute atomic E-state index is 0.0282. The Labute approximate surface area is 152 Å². The van der Waals surface area contributed by atoms with Crippen molar-refractivity contribution < 1.29 is 9.53 Å². The molecule has 1 atom stereocenters. The molecule has 1 amide bonds. The molecule has 2 fully saturated rings. The summed E-state index contributed by atoms with van der Waals surface area (Å²) in [7, 11) is 2.02. The third-order valence-corrected chi connectivity index (χ3v) is 5.31. The van der Waals surface area contributed by atoms with Gasteiger partial charge < -0.3 is 14.2 Å². The summed E-state index contributed by atoms with van der Waals surface area (Å²) < 4.78 is 7.93. The summed E-state index contributed by atoms with van der Waals surface area (Å²) in [4.78, 5) is 29.7. The van der Waals surface area contributed by atoms with Crippen LogP contribution in [0, 0.1) is 5.41 Å². The van der Waals surface area contributed by atoms with Crippen LogP contribution in [0.3, 0.4) is 0 Å². The lowest BCUT2D eigenvalue weighted by atomic mass is 9.87. The van der Waals surface area contributed by atoms with Crippen LogP contribution in [0.5, 0.6) is 0 Å². The Hall–Kier alpha value is -2.32. The van der Waals surface area contributed by atoms with Gasteiger partial charge in [-0.05, 0) is 13.0 Å². The Bertz CT molecular complexity index is 764. The molecule has 0 aliphatic carbocycles. The SMILES string of the molecule is Cn1ccnc1CN1CC[C@]2(COCCN(C(=O)c3cnccn3)C2)C1. The fraction of sp³-hybridized carbons (Fsp3) is 0.556. The van der Waals surface area contributed by atoms with Gasteiger partial charge in [0.25, 0.3) is 5.91 Å². The maximum Gasteiger partial charge on any atom is 0.274 e. The first kappa shape index (κ1) is 17.1. The van der Waals surface area contributed by atoms with Gasteiger partial charge in [-0.2, -0.15) is 0 Å². The van der Waals surface area contributed by atoms with E-state index < -0.39 is 0 Å². The van der Waals surface area contributed by atoms with Gasteiger partial charge in [-0.25, -0.2) is 9.97 Å². The van der Waals surface area contributed by atoms with E-state index in [1.165, 1.54) is 6.20 Å². The van der Waals surface area contributed by atoms with E-state index in [4.69, 9.17) is 4.74 Å². The summed E-state index contributed by atoms with van der Waals surface area (Å²) in [6, 6.07) is 0. The van der Waals surface area contributed by atoms with Gasteiger partial charge in [-0.1, -0.05) is 0 Å². The average Bonchev–Trinajstić information content (AvgIpc) is 3.17. The van der Waals surface area contributed by atoms with Crippen molar-refractivity contribution in [1.29, 1.82) is 0 Å². The van der Waals surface area contributed by atoms with Crippen LogP contribution in [-0.2, 0) is 18.3 Å². The Morgan fingerprint density at radius 1 is 1.23 bits per heavy atom. The van der Waals surface area contributed by atoms with E-state index in [0.717, 1.165) is 31.9 Å². The van der Waals surface area contributed by atoms with E-state index in [1.54, 1.807) is 12.4 Å². The van der Waals surface area contributed by atoms with Crippen molar-refractivity contribution in [3.63, 3.8) is 0 Å². The summed E-state index contributed by atoms with van der Waals surface area (Å²) in [6.45, 7) is 5.26. The number of likely N-dealkylation sites (tertiary alicyclic amines) is 1. The first-order valence-corrected chi connectivity index (χ1v) is 8.97. The molecule has 138 valence electrons. The topological polar surface area (TPSA) is 76.4 Å². The normalized spacial score (nSPS) is 24.1. The molecule has 4 heterocycles. The number of carbonyl (C=O) groups is 1. The molecule has 1 spiro atoms. The van der Waals surface area contributed by atoms with Crippen molar-refractivity contribution in [3.05, 3.63) is 42.5 Å². The van der Waals surface area contributed by atoms with Crippen LogP contribution in [0.1, 0.15) is 22.7 Å². The number of nitrogens with zero attached hydrogens (tertiary/aromatic N) is 6. The molecule has 8 nitrogen and oxygen atoms in total. The molecule has 0 saturated carbocycles. The highest BCUT2D eigenvalue weighted by Gasteiger charge is 2.42. The highest BCUT2D eigenvalue weighted by atomic mass is 16.5. The third kappa shape index (κ3) is 3.47. The molecule has 2 aromatic rings. The Kier molecular flexibility index (Phi) is 4.69. The van der Waals surface area contributed by atoms with Crippen LogP contribution >= 0.6 is 0 Å². The maximum atomic E-state index is 12.8. The van der Waals surface area contributed by atoms with Crippen molar-refractivity contribution in [2.24, 2.45) is 12.5 Å². The van der Waals surface area contributed by atoms with Crippen LogP contribution in [0.15, 0.2) is 31.0 Å². The first-order chi connectivity index (χ1) is 12.7. The smallest absolute Gasteiger partial charge is 0.274 e. The van der Waals surface area contributed by atoms with Gasteiger partial charge in [0.2, 0.25) is 0 Å². The summed E-state index contributed by atoms with van der Waals surface area (Å²) in [5.74, 6) is 0.995. The number of aromatic nitrogens is 4. The minimum atomic E-state index is -0.0643. The number of amides is 1. The molecule has 0 aromatic carbocycles. The van der Waals surface area contributed by atoms with Gasteiger partial charge in [-0.15, -0.1) is 0 Å². The molecule has 2 aliphatic rings. The van der Waals surface area contributed by atoms with Crippen molar-refractivity contribution in [2.45, 2.75) is 13.0 Å². The van der Waals surface area contributed by atoms with Crippen molar-refractivity contribution >= 4 is 5.91 Å². The second-order valence-corrected chi connectivity index (χ2v) is 7.28. The third-order valence-electron chi connectivity index (χ3n) is 5.31. The summed E-state index contributed by atoms with van der Waals surface area (Å²) in [6.07, 6.45) is 9.48. The summed E-state index contributed by atoms with van der Waals surface area (Å²) >= 11 is 0. The highest BCUT2D eigenvalue weighted by Crippen LogP contribution is 2.34. The van der Waals surface area contributed by atoms with Gasteiger partial charge >= 0.3 is 0 Å². The van der Waals surface area contributed by atoms with E-state index in [9.17, 15) is 4.79 Å². The zero-order valence-corrected chi connectivity index (χ0v) is 15.0. The zero-order valence-electron chi connectivity index (χ0n) is 15.0. The maximum absolute atomic E-state index is 12.8. The number of rotatable bonds is 3. The molecule has 8 heteroatoms. The van der Waals surface area contributed by atoms with E-state index in [2.05, 4.69) is 24.4 Å². The van der Waals surface area contributed by atoms with Crippen LogP contribution in [0.25, 0.3) is 0 Å². The quantitative estimate of drug-likeness (QED) is 0.801. The van der Waals surface area contributed by atoms with E-state index in [0.29, 0.717) is 32.0 Å². The predicted molar refractivity (Wildman–Crippen MR) is 94.3 cm³/mol. The van der Waals surface area contributed by atoms with Gasteiger partial charge in [0.15, 0.2) is 0 Å². The van der Waals surface area contributed by atoms with Gasteiger partial charge in [0, 0.05) is 56.9 Å². The molecule has 4 rings (SSSR count). The minimum Gasteiger partial charge on any atom is -0.379 e. The van der Waals surface area contributed by atoms with Crippen LogP contribution in [-0.4, -0.2) is 74.6 Å². The largest absolute Gasteiger partial charge is 0.379 e. The number of hydrogen-bond acceptors (Lipinski definition) is 6. The summed E-state index contributed by atoms with van der Waals surface area (Å²) in [5.41, 5.74) is 0.368. The fourth-order valence-corrected chi connectivity index (χ4v) is 3.90. The monoisotopic (exact) mass is 356 g/mol. The molecule has 0 bridgehead atoms. The van der Waals surface area contributed by atoms with Crippen molar-refractivity contribution in [1.82, 2.24) is 29.3 Å². The molecule has 0 unspecified atom stereocenters. The van der Waals surface area contributed by atoms with Gasteiger partial charge in [-0.3, -0.25) is 14.7 Å². The molecule has 2 saturated heterocycles. The molecular formula is C18H24N6O2. The van der Waals surface area contributed by atoms with E-state index >= 15 is 0 Å². The number of ether oxygens (including phenoxy) is 1.